The van der Waals surface area contributed by atoms with Crippen LogP contribution in [0.5, 0.6) is 0 Å². The van der Waals surface area contributed by atoms with Crippen molar-refractivity contribution in [3.05, 3.63) is 28.4 Å². The molecule has 1 N–H and O–H groups in total. The van der Waals surface area contributed by atoms with Crippen LogP contribution < -0.4 is 5.56 Å². The molecule has 0 radical (unpaired) electrons. The lowest BCUT2D eigenvalue weighted by atomic mass is 10.3. The minimum Gasteiger partial charge on any atom is -0.343 e. The highest BCUT2D eigenvalue weighted by atomic mass is 16.1. The third kappa shape index (κ3) is 1.23. The normalized spacial score (nSPS) is 11.4. The molecule has 0 spiro atoms. The summed E-state index contributed by atoms with van der Waals surface area (Å²) < 4.78 is 1.63. The van der Waals surface area contributed by atoms with Gasteiger partial charge in [-0.2, -0.15) is 0 Å². The van der Waals surface area contributed by atoms with Gasteiger partial charge in [-0.15, -0.1) is 0 Å². The molecule has 0 aromatic carbocycles. The van der Waals surface area contributed by atoms with Crippen LogP contribution in [-0.4, -0.2) is 14.5 Å². The molecule has 0 saturated heterocycles. The minimum atomic E-state index is 0.0225. The molecule has 0 unspecified atom stereocenters. The first-order valence-electron chi connectivity index (χ1n) is 4.66. The maximum Gasteiger partial charge on any atom is 0.263 e. The molecule has 2 aromatic rings. The number of hydrogen-bond acceptors (Lipinski definition) is 2. The van der Waals surface area contributed by atoms with E-state index in [-0.39, 0.29) is 11.6 Å². The molecule has 2 aromatic heterocycles. The fourth-order valence-electron chi connectivity index (χ4n) is 1.52. The highest BCUT2D eigenvalue weighted by molar-refractivity contribution is 5.75. The van der Waals surface area contributed by atoms with Crippen LogP contribution >= 0.6 is 0 Å². The van der Waals surface area contributed by atoms with Crippen LogP contribution in [-0.2, 0) is 0 Å². The lowest BCUT2D eigenvalue weighted by molar-refractivity contribution is 0.573. The van der Waals surface area contributed by atoms with E-state index in [0.29, 0.717) is 11.0 Å². The number of nitrogens with zero attached hydrogens (tertiary/aromatic N) is 2. The molecule has 0 saturated carbocycles. The quantitative estimate of drug-likeness (QED) is 0.744. The molecule has 4 heteroatoms. The molecular formula is C10H13N3O. The molecular weight excluding hydrogens is 178 g/mol. The van der Waals surface area contributed by atoms with Gasteiger partial charge in [-0.3, -0.25) is 9.36 Å². The number of hydrogen-bond donors (Lipinski definition) is 1. The summed E-state index contributed by atoms with van der Waals surface area (Å²) in [6, 6.07) is 1.98. The molecule has 0 fully saturated rings. The summed E-state index contributed by atoms with van der Waals surface area (Å²) in [4.78, 5) is 19.1. The predicted molar refractivity (Wildman–Crippen MR) is 55.5 cm³/mol. The van der Waals surface area contributed by atoms with Crippen molar-refractivity contribution in [1.29, 1.82) is 0 Å². The van der Waals surface area contributed by atoms with E-state index in [9.17, 15) is 4.79 Å². The summed E-state index contributed by atoms with van der Waals surface area (Å²) in [7, 11) is 0. The van der Waals surface area contributed by atoms with Gasteiger partial charge >= 0.3 is 0 Å². The lowest BCUT2D eigenvalue weighted by Gasteiger charge is -2.07. The molecule has 14 heavy (non-hydrogen) atoms. The van der Waals surface area contributed by atoms with Crippen LogP contribution in [0.4, 0.5) is 0 Å². The fraction of sp³-hybridized carbons (Fsp3) is 0.400. The Bertz CT molecular complexity index is 522. The van der Waals surface area contributed by atoms with Gasteiger partial charge in [0.05, 0.1) is 5.39 Å². The number of nitrogens with one attached hydrogen (secondary N) is 1. The van der Waals surface area contributed by atoms with Crippen molar-refractivity contribution in [3.8, 4) is 0 Å². The van der Waals surface area contributed by atoms with E-state index in [1.54, 1.807) is 10.9 Å². The van der Waals surface area contributed by atoms with Gasteiger partial charge in [0.2, 0.25) is 0 Å². The summed E-state index contributed by atoms with van der Waals surface area (Å²) in [5, 5.41) is 0.665. The highest BCUT2D eigenvalue weighted by Gasteiger charge is 2.07. The van der Waals surface area contributed by atoms with Gasteiger partial charge in [0.15, 0.2) is 0 Å². The molecule has 0 atom stereocenters. The van der Waals surface area contributed by atoms with Crippen molar-refractivity contribution in [3.63, 3.8) is 0 Å². The van der Waals surface area contributed by atoms with Crippen LogP contribution in [0.25, 0.3) is 11.0 Å². The van der Waals surface area contributed by atoms with Gasteiger partial charge < -0.3 is 4.98 Å². The Morgan fingerprint density at radius 2 is 2.21 bits per heavy atom. The zero-order valence-corrected chi connectivity index (χ0v) is 8.53. The number of rotatable bonds is 1. The number of aromatic amines is 1. The summed E-state index contributed by atoms with van der Waals surface area (Å²) in [5.41, 5.74) is 1.66. The molecule has 0 aliphatic heterocycles. The van der Waals surface area contributed by atoms with Crippen molar-refractivity contribution in [1.82, 2.24) is 14.5 Å². The van der Waals surface area contributed by atoms with E-state index in [4.69, 9.17) is 0 Å². The molecule has 74 valence electrons. The molecule has 2 rings (SSSR count). The Hall–Kier alpha value is -1.58. The number of aromatic nitrogens is 3. The van der Waals surface area contributed by atoms with Crippen LogP contribution in [0.3, 0.4) is 0 Å². The van der Waals surface area contributed by atoms with Crippen molar-refractivity contribution >= 4 is 11.0 Å². The van der Waals surface area contributed by atoms with E-state index in [1.807, 2.05) is 26.8 Å². The lowest BCUT2D eigenvalue weighted by Crippen LogP contribution is -2.21. The number of fused-ring (bicyclic) bond motifs is 1. The second-order valence-electron chi connectivity index (χ2n) is 3.77. The Kier molecular flexibility index (Phi) is 1.91. The van der Waals surface area contributed by atoms with Gasteiger partial charge in [-0.05, 0) is 26.8 Å². The molecule has 0 amide bonds. The molecule has 2 heterocycles. The fourth-order valence-corrected chi connectivity index (χ4v) is 1.52. The molecule has 0 aliphatic carbocycles. The second kappa shape index (κ2) is 2.97. The zero-order valence-electron chi connectivity index (χ0n) is 8.53. The first kappa shape index (κ1) is 8.99. The van der Waals surface area contributed by atoms with Gasteiger partial charge in [-0.1, -0.05) is 0 Å². The average molecular weight is 191 g/mol. The third-order valence-electron chi connectivity index (χ3n) is 2.26. The highest BCUT2D eigenvalue weighted by Crippen LogP contribution is 2.08. The summed E-state index contributed by atoms with van der Waals surface area (Å²) >= 11 is 0. The minimum absolute atomic E-state index is 0.0225. The maximum absolute atomic E-state index is 11.9. The SMILES string of the molecule is Cc1cc2c(=O)n(C(C)C)cnc2[nH]1. The van der Waals surface area contributed by atoms with E-state index in [2.05, 4.69) is 9.97 Å². The topological polar surface area (TPSA) is 50.7 Å². The third-order valence-corrected chi connectivity index (χ3v) is 2.26. The van der Waals surface area contributed by atoms with E-state index in [1.165, 1.54) is 0 Å². The molecule has 0 aliphatic rings. The van der Waals surface area contributed by atoms with E-state index in [0.717, 1.165) is 5.69 Å². The van der Waals surface area contributed by atoms with Gasteiger partial charge in [0, 0.05) is 11.7 Å². The summed E-state index contributed by atoms with van der Waals surface area (Å²) in [6.45, 7) is 5.85. The Morgan fingerprint density at radius 3 is 2.86 bits per heavy atom. The van der Waals surface area contributed by atoms with Crippen LogP contribution in [0.1, 0.15) is 25.6 Å². The van der Waals surface area contributed by atoms with Crippen molar-refractivity contribution < 1.29 is 0 Å². The average Bonchev–Trinajstić information content (AvgIpc) is 2.46. The first-order chi connectivity index (χ1) is 6.59. The Balaban J connectivity index is 2.81. The zero-order chi connectivity index (χ0) is 10.3. The van der Waals surface area contributed by atoms with Gasteiger partial charge in [0.25, 0.3) is 5.56 Å². The number of H-pyrrole nitrogens is 1. The predicted octanol–water partition coefficient (Wildman–Crippen LogP) is 1.61. The second-order valence-corrected chi connectivity index (χ2v) is 3.77. The van der Waals surface area contributed by atoms with Gasteiger partial charge in [0.1, 0.15) is 12.0 Å². The standard InChI is InChI=1S/C10H13N3O/c1-6(2)13-5-11-9-8(10(13)14)4-7(3)12-9/h4-6,12H,1-3H3. The Morgan fingerprint density at radius 1 is 1.50 bits per heavy atom. The Labute approximate surface area is 81.6 Å². The monoisotopic (exact) mass is 191 g/mol. The molecule has 0 bridgehead atoms. The van der Waals surface area contributed by atoms with E-state index >= 15 is 0 Å². The van der Waals surface area contributed by atoms with Crippen LogP contribution in [0, 0.1) is 6.92 Å². The smallest absolute Gasteiger partial charge is 0.263 e. The summed E-state index contributed by atoms with van der Waals surface area (Å²) in [5.74, 6) is 0. The number of aryl methyl sites for hydroxylation is 1. The largest absolute Gasteiger partial charge is 0.343 e. The van der Waals surface area contributed by atoms with Crippen molar-refractivity contribution in [2.24, 2.45) is 0 Å². The summed E-state index contributed by atoms with van der Waals surface area (Å²) in [6.07, 6.45) is 1.59. The van der Waals surface area contributed by atoms with E-state index < -0.39 is 0 Å². The van der Waals surface area contributed by atoms with Crippen molar-refractivity contribution in [2.75, 3.05) is 0 Å². The van der Waals surface area contributed by atoms with Gasteiger partial charge in [-0.25, -0.2) is 4.98 Å². The van der Waals surface area contributed by atoms with Crippen molar-refractivity contribution in [2.45, 2.75) is 26.8 Å². The van der Waals surface area contributed by atoms with Crippen LogP contribution in [0.15, 0.2) is 17.2 Å². The van der Waals surface area contributed by atoms with Crippen LogP contribution in [0.2, 0.25) is 0 Å². The molecule has 4 nitrogen and oxygen atoms in total. The first-order valence-corrected chi connectivity index (χ1v) is 4.66. The maximum atomic E-state index is 11.9.